The molecule has 4 rings (SSSR count). The van der Waals surface area contributed by atoms with Gasteiger partial charge in [-0.2, -0.15) is 5.10 Å². The minimum atomic E-state index is -0.304. The second-order valence-electron chi connectivity index (χ2n) is 7.85. The van der Waals surface area contributed by atoms with Gasteiger partial charge in [-0.25, -0.2) is 9.07 Å². The average molecular weight is 398 g/mol. The average Bonchev–Trinajstić information content (AvgIpc) is 3.43. The first kappa shape index (κ1) is 19.6. The molecule has 3 heterocycles. The molecule has 154 valence electrons. The lowest BCUT2D eigenvalue weighted by Crippen LogP contribution is -2.43. The van der Waals surface area contributed by atoms with Crippen molar-refractivity contribution in [2.24, 2.45) is 5.92 Å². The summed E-state index contributed by atoms with van der Waals surface area (Å²) < 4.78 is 14.9. The maximum absolute atomic E-state index is 13.2. The van der Waals surface area contributed by atoms with Gasteiger partial charge in [0.1, 0.15) is 5.82 Å². The Balaban J connectivity index is 1.45. The van der Waals surface area contributed by atoms with E-state index in [1.165, 1.54) is 12.1 Å². The van der Waals surface area contributed by atoms with Crippen molar-refractivity contribution in [3.8, 4) is 5.69 Å². The van der Waals surface area contributed by atoms with Crippen molar-refractivity contribution in [3.05, 3.63) is 47.5 Å². The Morgan fingerprint density at radius 2 is 1.69 bits per heavy atom. The molecule has 0 radical (unpaired) electrons. The minimum Gasteiger partial charge on any atom is -0.342 e. The topological polar surface area (TPSA) is 58.4 Å². The molecule has 29 heavy (non-hydrogen) atoms. The highest BCUT2D eigenvalue weighted by molar-refractivity contribution is 5.95. The zero-order valence-electron chi connectivity index (χ0n) is 16.8. The molecule has 0 unspecified atom stereocenters. The molecule has 7 heteroatoms. The van der Waals surface area contributed by atoms with Gasteiger partial charge in [0, 0.05) is 32.1 Å². The quantitative estimate of drug-likeness (QED) is 0.795. The number of halogens is 1. The molecule has 0 aliphatic carbocycles. The van der Waals surface area contributed by atoms with Gasteiger partial charge in [0.15, 0.2) is 0 Å². The molecule has 2 aliphatic heterocycles. The fraction of sp³-hybridized carbons (Fsp3) is 0.500. The van der Waals surface area contributed by atoms with Gasteiger partial charge in [-0.3, -0.25) is 9.59 Å². The minimum absolute atomic E-state index is 0.0322. The van der Waals surface area contributed by atoms with Crippen LogP contribution in [-0.2, 0) is 11.2 Å². The first-order chi connectivity index (χ1) is 14.1. The van der Waals surface area contributed by atoms with Crippen molar-refractivity contribution < 1.29 is 14.0 Å². The molecule has 2 aromatic rings. The molecule has 1 aromatic heterocycles. The summed E-state index contributed by atoms with van der Waals surface area (Å²) in [5, 5.41) is 4.38. The molecule has 2 amide bonds. The van der Waals surface area contributed by atoms with Gasteiger partial charge in [0.2, 0.25) is 5.91 Å². The largest absolute Gasteiger partial charge is 0.342 e. The van der Waals surface area contributed by atoms with Crippen molar-refractivity contribution in [2.45, 2.75) is 39.0 Å². The van der Waals surface area contributed by atoms with Crippen LogP contribution in [0.1, 0.15) is 48.7 Å². The Labute approximate surface area is 170 Å². The summed E-state index contributed by atoms with van der Waals surface area (Å²) in [5.74, 6) is -0.0541. The van der Waals surface area contributed by atoms with Gasteiger partial charge in [0.25, 0.3) is 5.91 Å². The van der Waals surface area contributed by atoms with Crippen molar-refractivity contribution in [3.63, 3.8) is 0 Å². The normalized spacial score (nSPS) is 17.7. The Morgan fingerprint density at radius 1 is 1.03 bits per heavy atom. The molecular weight excluding hydrogens is 371 g/mol. The highest BCUT2D eigenvalue weighted by Gasteiger charge is 2.32. The third-order valence-corrected chi connectivity index (χ3v) is 6.05. The maximum Gasteiger partial charge on any atom is 0.257 e. The number of rotatable bonds is 4. The summed E-state index contributed by atoms with van der Waals surface area (Å²) in [6.45, 7) is 4.91. The summed E-state index contributed by atoms with van der Waals surface area (Å²) in [6, 6.07) is 6.09. The third-order valence-electron chi connectivity index (χ3n) is 6.05. The maximum atomic E-state index is 13.2. The molecule has 2 aliphatic rings. The predicted molar refractivity (Wildman–Crippen MR) is 107 cm³/mol. The fourth-order valence-electron chi connectivity index (χ4n) is 4.39. The number of likely N-dealkylation sites (tertiary alicyclic amines) is 2. The fourth-order valence-corrected chi connectivity index (χ4v) is 4.39. The van der Waals surface area contributed by atoms with Crippen LogP contribution >= 0.6 is 0 Å². The van der Waals surface area contributed by atoms with E-state index in [2.05, 4.69) is 5.10 Å². The lowest BCUT2D eigenvalue weighted by molar-refractivity contribution is -0.135. The second kappa shape index (κ2) is 8.35. The lowest BCUT2D eigenvalue weighted by atomic mass is 9.95. The van der Waals surface area contributed by atoms with Crippen LogP contribution in [0.25, 0.3) is 5.69 Å². The zero-order valence-corrected chi connectivity index (χ0v) is 16.8. The van der Waals surface area contributed by atoms with Gasteiger partial charge in [0.05, 0.1) is 23.1 Å². The van der Waals surface area contributed by atoms with Crippen molar-refractivity contribution in [2.75, 3.05) is 26.2 Å². The first-order valence-electron chi connectivity index (χ1n) is 10.5. The highest BCUT2D eigenvalue weighted by atomic mass is 19.1. The first-order valence-corrected chi connectivity index (χ1v) is 10.5. The van der Waals surface area contributed by atoms with Gasteiger partial charge in [-0.05, 0) is 56.4 Å². The molecule has 0 N–H and O–H groups in total. The molecule has 0 bridgehead atoms. The van der Waals surface area contributed by atoms with Crippen LogP contribution in [-0.4, -0.2) is 57.6 Å². The van der Waals surface area contributed by atoms with Crippen LogP contribution in [0.5, 0.6) is 0 Å². The Morgan fingerprint density at radius 3 is 2.31 bits per heavy atom. The van der Waals surface area contributed by atoms with E-state index in [-0.39, 0.29) is 23.5 Å². The molecule has 1 aromatic carbocycles. The monoisotopic (exact) mass is 398 g/mol. The Hall–Kier alpha value is -2.70. The Bertz CT molecular complexity index is 879. The third kappa shape index (κ3) is 3.91. The van der Waals surface area contributed by atoms with Crippen LogP contribution in [0.2, 0.25) is 0 Å². The van der Waals surface area contributed by atoms with Crippen LogP contribution in [0.3, 0.4) is 0 Å². The number of carbonyl (C=O) groups excluding carboxylic acids is 2. The number of aromatic nitrogens is 2. The predicted octanol–water partition coefficient (Wildman–Crippen LogP) is 3.05. The smallest absolute Gasteiger partial charge is 0.257 e. The number of hydrogen-bond donors (Lipinski definition) is 0. The molecule has 2 fully saturated rings. The van der Waals surface area contributed by atoms with E-state index in [1.54, 1.807) is 23.0 Å². The van der Waals surface area contributed by atoms with Crippen molar-refractivity contribution in [1.82, 2.24) is 19.6 Å². The van der Waals surface area contributed by atoms with Crippen LogP contribution in [0.15, 0.2) is 30.5 Å². The van der Waals surface area contributed by atoms with Crippen LogP contribution in [0, 0.1) is 11.7 Å². The van der Waals surface area contributed by atoms with E-state index in [0.717, 1.165) is 37.3 Å². The van der Waals surface area contributed by atoms with Crippen molar-refractivity contribution in [1.29, 1.82) is 0 Å². The number of benzene rings is 1. The summed E-state index contributed by atoms with van der Waals surface area (Å²) in [7, 11) is 0. The molecule has 0 spiro atoms. The number of hydrogen-bond acceptors (Lipinski definition) is 3. The van der Waals surface area contributed by atoms with Gasteiger partial charge < -0.3 is 9.80 Å². The summed E-state index contributed by atoms with van der Waals surface area (Å²) in [5.41, 5.74) is 2.13. The van der Waals surface area contributed by atoms with Crippen molar-refractivity contribution >= 4 is 11.8 Å². The molecule has 2 saturated heterocycles. The highest BCUT2D eigenvalue weighted by Crippen LogP contribution is 2.24. The SMILES string of the molecule is CCc1c(C(=O)N2CCC(C(=O)N3CCCC3)CC2)cnn1-c1ccc(F)cc1. The number of piperidine rings is 1. The standard InChI is InChI=1S/C22H27FN4O2/c1-2-20-19(15-24-27(20)18-7-5-17(23)6-8-18)22(29)26-13-9-16(10-14-26)21(28)25-11-3-4-12-25/h5-8,15-16H,2-4,9-14H2,1H3. The van der Waals surface area contributed by atoms with E-state index < -0.39 is 0 Å². The number of carbonyl (C=O) groups is 2. The van der Waals surface area contributed by atoms with E-state index in [1.807, 2.05) is 16.7 Å². The van der Waals surface area contributed by atoms with E-state index >= 15 is 0 Å². The van der Waals surface area contributed by atoms with E-state index in [0.29, 0.717) is 37.9 Å². The molecule has 0 saturated carbocycles. The van der Waals surface area contributed by atoms with Gasteiger partial charge in [-0.15, -0.1) is 0 Å². The van der Waals surface area contributed by atoms with E-state index in [9.17, 15) is 14.0 Å². The van der Waals surface area contributed by atoms with Gasteiger partial charge in [-0.1, -0.05) is 6.92 Å². The van der Waals surface area contributed by atoms with Gasteiger partial charge >= 0.3 is 0 Å². The van der Waals surface area contributed by atoms with Crippen LogP contribution < -0.4 is 0 Å². The lowest BCUT2D eigenvalue weighted by Gasteiger charge is -2.33. The van der Waals surface area contributed by atoms with E-state index in [4.69, 9.17) is 0 Å². The molecule has 0 atom stereocenters. The summed E-state index contributed by atoms with van der Waals surface area (Å²) in [6.07, 6.45) is 5.87. The number of amides is 2. The zero-order chi connectivity index (χ0) is 20.4. The summed E-state index contributed by atoms with van der Waals surface area (Å²) in [4.78, 5) is 29.6. The Kier molecular flexibility index (Phi) is 5.65. The second-order valence-corrected chi connectivity index (χ2v) is 7.85. The number of nitrogens with zero attached hydrogens (tertiary/aromatic N) is 4. The van der Waals surface area contributed by atoms with Crippen LogP contribution in [0.4, 0.5) is 4.39 Å². The molecule has 6 nitrogen and oxygen atoms in total. The molecular formula is C22H27FN4O2. The summed E-state index contributed by atoms with van der Waals surface area (Å²) >= 11 is 0.